The first kappa shape index (κ1) is 15.5. The van der Waals surface area contributed by atoms with Gasteiger partial charge in [0, 0.05) is 19.2 Å². The zero-order valence-electron chi connectivity index (χ0n) is 12.7. The van der Waals surface area contributed by atoms with E-state index in [2.05, 4.69) is 17.9 Å². The molecule has 0 aliphatic carbocycles. The minimum atomic E-state index is -0.396. The molecule has 2 rings (SSSR count). The van der Waals surface area contributed by atoms with Gasteiger partial charge in [0.15, 0.2) is 5.75 Å². The largest absolute Gasteiger partial charge is 0.487 e. The van der Waals surface area contributed by atoms with Gasteiger partial charge in [0.25, 0.3) is 0 Å². The molecule has 1 heterocycles. The zero-order valence-corrected chi connectivity index (χ0v) is 12.7. The normalized spacial score (nSPS) is 15.6. The summed E-state index contributed by atoms with van der Waals surface area (Å²) in [7, 11) is 0. The molecule has 0 bridgehead atoms. The molecule has 0 spiro atoms. The van der Waals surface area contributed by atoms with E-state index in [0.29, 0.717) is 12.4 Å². The number of nitrogens with zero attached hydrogens (tertiary/aromatic N) is 2. The Morgan fingerprint density at radius 1 is 1.38 bits per heavy atom. The zero-order chi connectivity index (χ0) is 15.2. The van der Waals surface area contributed by atoms with Gasteiger partial charge in [0.1, 0.15) is 0 Å². The van der Waals surface area contributed by atoms with Gasteiger partial charge in [0.05, 0.1) is 11.5 Å². The van der Waals surface area contributed by atoms with Gasteiger partial charge in [-0.05, 0) is 49.6 Å². The summed E-state index contributed by atoms with van der Waals surface area (Å²) in [5, 5.41) is 11.0. The molecule has 0 radical (unpaired) electrons. The van der Waals surface area contributed by atoms with E-state index in [-0.39, 0.29) is 5.69 Å². The quantitative estimate of drug-likeness (QED) is 0.594. The molecule has 0 N–H and O–H groups in total. The van der Waals surface area contributed by atoms with Crippen molar-refractivity contribution < 1.29 is 9.66 Å². The van der Waals surface area contributed by atoms with Crippen LogP contribution in [-0.4, -0.2) is 36.1 Å². The number of hydrogen-bond acceptors (Lipinski definition) is 4. The van der Waals surface area contributed by atoms with E-state index < -0.39 is 4.92 Å². The van der Waals surface area contributed by atoms with Gasteiger partial charge in [-0.25, -0.2) is 0 Å². The molecule has 21 heavy (non-hydrogen) atoms. The van der Waals surface area contributed by atoms with Crippen LogP contribution in [0.4, 0.5) is 5.69 Å². The van der Waals surface area contributed by atoms with Crippen molar-refractivity contribution in [3.05, 3.63) is 40.0 Å². The number of nitro benzene ring substituents is 1. The Morgan fingerprint density at radius 2 is 2.19 bits per heavy atom. The molecule has 1 aromatic rings. The summed E-state index contributed by atoms with van der Waals surface area (Å²) in [4.78, 5) is 13.0. The van der Waals surface area contributed by atoms with Gasteiger partial charge < -0.3 is 4.74 Å². The van der Waals surface area contributed by atoms with E-state index in [9.17, 15) is 10.1 Å². The number of rotatable bonds is 6. The molecule has 5 nitrogen and oxygen atoms in total. The topological polar surface area (TPSA) is 55.6 Å². The minimum Gasteiger partial charge on any atom is -0.487 e. The molecule has 0 fully saturated rings. The third-order valence-electron chi connectivity index (χ3n) is 3.66. The van der Waals surface area contributed by atoms with Gasteiger partial charge in [-0.3, -0.25) is 15.0 Å². The van der Waals surface area contributed by atoms with Crippen LogP contribution in [0, 0.1) is 10.1 Å². The Kier molecular flexibility index (Phi) is 5.33. The van der Waals surface area contributed by atoms with Crippen LogP contribution in [0.3, 0.4) is 0 Å². The van der Waals surface area contributed by atoms with Crippen LogP contribution >= 0.6 is 0 Å². The molecule has 1 aliphatic heterocycles. The van der Waals surface area contributed by atoms with Crippen molar-refractivity contribution in [2.45, 2.75) is 26.7 Å². The molecular weight excluding hydrogens is 268 g/mol. The summed E-state index contributed by atoms with van der Waals surface area (Å²) in [6, 6.07) is 5.16. The molecule has 5 heteroatoms. The molecule has 1 aromatic carbocycles. The predicted molar refractivity (Wildman–Crippen MR) is 83.6 cm³/mol. The maximum Gasteiger partial charge on any atom is 0.310 e. The lowest BCUT2D eigenvalue weighted by Crippen LogP contribution is -2.29. The van der Waals surface area contributed by atoms with Crippen LogP contribution in [0.15, 0.2) is 24.3 Å². The van der Waals surface area contributed by atoms with Crippen molar-refractivity contribution in [3.8, 4) is 5.75 Å². The second kappa shape index (κ2) is 7.22. The summed E-state index contributed by atoms with van der Waals surface area (Å²) in [5.41, 5.74) is 2.31. The smallest absolute Gasteiger partial charge is 0.310 e. The molecule has 0 saturated heterocycles. The maximum absolute atomic E-state index is 11.0. The van der Waals surface area contributed by atoms with Crippen LogP contribution in [0.25, 0.3) is 5.57 Å². The highest BCUT2D eigenvalue weighted by molar-refractivity contribution is 5.69. The monoisotopic (exact) mass is 290 g/mol. The standard InChI is InChI=1S/C16H22N2O3/c1-3-9-17-10-7-13(8-11-17)14-5-6-15(18(19)20)16(12-14)21-4-2/h5-7,12H,3-4,8-11H2,1-2H3. The Balaban J connectivity index is 2.21. The molecule has 0 amide bonds. The van der Waals surface area contributed by atoms with Crippen molar-refractivity contribution in [1.82, 2.24) is 4.90 Å². The SMILES string of the molecule is CCCN1CC=C(c2ccc([N+](=O)[O-])c(OCC)c2)CC1. The van der Waals surface area contributed by atoms with Crippen molar-refractivity contribution in [2.75, 3.05) is 26.2 Å². The summed E-state index contributed by atoms with van der Waals surface area (Å²) >= 11 is 0. The first-order chi connectivity index (χ1) is 10.2. The number of benzene rings is 1. The van der Waals surface area contributed by atoms with Crippen LogP contribution in [0.2, 0.25) is 0 Å². The van der Waals surface area contributed by atoms with E-state index in [1.807, 2.05) is 13.0 Å². The van der Waals surface area contributed by atoms with Gasteiger partial charge in [-0.15, -0.1) is 0 Å². The molecule has 0 atom stereocenters. The predicted octanol–water partition coefficient (Wildman–Crippen LogP) is 3.49. The molecule has 1 aliphatic rings. The number of nitro groups is 1. The van der Waals surface area contributed by atoms with Gasteiger partial charge in [-0.1, -0.05) is 13.0 Å². The molecule has 0 saturated carbocycles. The number of ether oxygens (including phenoxy) is 1. The summed E-state index contributed by atoms with van der Waals surface area (Å²) < 4.78 is 5.41. The Labute approximate surface area is 125 Å². The highest BCUT2D eigenvalue weighted by Crippen LogP contribution is 2.32. The van der Waals surface area contributed by atoms with Crippen LogP contribution in [-0.2, 0) is 0 Å². The second-order valence-electron chi connectivity index (χ2n) is 5.15. The second-order valence-corrected chi connectivity index (χ2v) is 5.15. The van der Waals surface area contributed by atoms with E-state index in [1.165, 1.54) is 5.57 Å². The molecular formula is C16H22N2O3. The van der Waals surface area contributed by atoms with Crippen LogP contribution < -0.4 is 4.74 Å². The lowest BCUT2D eigenvalue weighted by molar-refractivity contribution is -0.385. The van der Waals surface area contributed by atoms with Gasteiger partial charge in [0.2, 0.25) is 0 Å². The van der Waals surface area contributed by atoms with Crippen LogP contribution in [0.5, 0.6) is 5.75 Å². The lowest BCUT2D eigenvalue weighted by Gasteiger charge is -2.26. The Hall–Kier alpha value is -1.88. The lowest BCUT2D eigenvalue weighted by atomic mass is 9.98. The van der Waals surface area contributed by atoms with E-state index in [1.54, 1.807) is 12.1 Å². The molecule has 114 valence electrons. The third-order valence-corrected chi connectivity index (χ3v) is 3.66. The van der Waals surface area contributed by atoms with Crippen molar-refractivity contribution in [3.63, 3.8) is 0 Å². The fourth-order valence-corrected chi connectivity index (χ4v) is 2.63. The van der Waals surface area contributed by atoms with Gasteiger partial charge >= 0.3 is 5.69 Å². The summed E-state index contributed by atoms with van der Waals surface area (Å²) in [5.74, 6) is 0.358. The first-order valence-corrected chi connectivity index (χ1v) is 7.48. The van der Waals surface area contributed by atoms with Gasteiger partial charge in [-0.2, -0.15) is 0 Å². The van der Waals surface area contributed by atoms with Crippen molar-refractivity contribution in [1.29, 1.82) is 0 Å². The Bertz CT molecular complexity index is 540. The van der Waals surface area contributed by atoms with E-state index in [0.717, 1.165) is 38.0 Å². The van der Waals surface area contributed by atoms with E-state index in [4.69, 9.17) is 4.74 Å². The fraction of sp³-hybridized carbons (Fsp3) is 0.500. The minimum absolute atomic E-state index is 0.0321. The fourth-order valence-electron chi connectivity index (χ4n) is 2.63. The Morgan fingerprint density at radius 3 is 2.76 bits per heavy atom. The highest BCUT2D eigenvalue weighted by Gasteiger charge is 2.18. The summed E-state index contributed by atoms with van der Waals surface area (Å²) in [6.45, 7) is 7.55. The van der Waals surface area contributed by atoms with Crippen molar-refractivity contribution in [2.24, 2.45) is 0 Å². The number of hydrogen-bond donors (Lipinski definition) is 0. The molecule has 0 unspecified atom stereocenters. The summed E-state index contributed by atoms with van der Waals surface area (Å²) in [6.07, 6.45) is 4.36. The average molecular weight is 290 g/mol. The maximum atomic E-state index is 11.0. The average Bonchev–Trinajstić information content (AvgIpc) is 2.48. The molecule has 0 aromatic heterocycles. The van der Waals surface area contributed by atoms with Crippen LogP contribution in [0.1, 0.15) is 32.3 Å². The first-order valence-electron chi connectivity index (χ1n) is 7.48. The third kappa shape index (κ3) is 3.82. The van der Waals surface area contributed by atoms with Crippen molar-refractivity contribution >= 4 is 11.3 Å². The highest BCUT2D eigenvalue weighted by atomic mass is 16.6. The van der Waals surface area contributed by atoms with E-state index >= 15 is 0 Å².